The first-order valence-electron chi connectivity index (χ1n) is 6.11. The number of alkyl halides is 1. The summed E-state index contributed by atoms with van der Waals surface area (Å²) in [5, 5.41) is 3.23. The van der Waals surface area contributed by atoms with E-state index in [0.29, 0.717) is 12.5 Å². The summed E-state index contributed by atoms with van der Waals surface area (Å²) >= 11 is 5.61. The maximum Gasteiger partial charge on any atom is 0.234 e. The minimum absolute atomic E-state index is 0.569. The van der Waals surface area contributed by atoms with E-state index in [4.69, 9.17) is 16.3 Å². The van der Waals surface area contributed by atoms with Crippen LogP contribution in [0.4, 0.5) is 5.82 Å². The zero-order chi connectivity index (χ0) is 12.3. The van der Waals surface area contributed by atoms with Gasteiger partial charge in [-0.05, 0) is 19.8 Å². The number of anilines is 1. The van der Waals surface area contributed by atoms with Crippen LogP contribution in [-0.4, -0.2) is 29.0 Å². The summed E-state index contributed by atoms with van der Waals surface area (Å²) in [7, 11) is 0. The molecule has 0 amide bonds. The van der Waals surface area contributed by atoms with Gasteiger partial charge >= 0.3 is 0 Å². The number of halogens is 1. The van der Waals surface area contributed by atoms with Crippen molar-refractivity contribution in [1.29, 1.82) is 0 Å². The van der Waals surface area contributed by atoms with Crippen molar-refractivity contribution in [2.75, 3.05) is 24.3 Å². The molecule has 0 unspecified atom stereocenters. The first kappa shape index (κ1) is 14.0. The molecule has 0 saturated carbocycles. The van der Waals surface area contributed by atoms with Gasteiger partial charge in [-0.15, -0.1) is 11.6 Å². The van der Waals surface area contributed by atoms with Crippen LogP contribution >= 0.6 is 11.6 Å². The molecule has 0 atom stereocenters. The molecule has 1 heterocycles. The molecule has 0 aliphatic rings. The predicted octanol–water partition coefficient (Wildman–Crippen LogP) is 3.09. The zero-order valence-electron chi connectivity index (χ0n) is 10.3. The molecule has 17 heavy (non-hydrogen) atoms. The minimum Gasteiger partial charge on any atom is -0.477 e. The van der Waals surface area contributed by atoms with Gasteiger partial charge in [0.05, 0.1) is 19.0 Å². The van der Waals surface area contributed by atoms with Crippen molar-refractivity contribution in [3.63, 3.8) is 0 Å². The minimum atomic E-state index is 0.569. The summed E-state index contributed by atoms with van der Waals surface area (Å²) in [5.41, 5.74) is 0. The van der Waals surface area contributed by atoms with E-state index in [0.717, 1.165) is 31.1 Å². The quantitative estimate of drug-likeness (QED) is 0.546. The molecule has 1 aromatic rings. The normalized spacial score (nSPS) is 10.2. The van der Waals surface area contributed by atoms with Gasteiger partial charge in [0.1, 0.15) is 5.82 Å². The molecule has 0 radical (unpaired) electrons. The number of hydrogen-bond acceptors (Lipinski definition) is 4. The molecule has 0 aromatic carbocycles. The highest BCUT2D eigenvalue weighted by molar-refractivity contribution is 6.17. The fraction of sp³-hybridized carbons (Fsp3) is 0.667. The molecule has 0 saturated heterocycles. The van der Waals surface area contributed by atoms with Crippen LogP contribution in [-0.2, 0) is 0 Å². The highest BCUT2D eigenvalue weighted by atomic mass is 35.5. The summed E-state index contributed by atoms with van der Waals surface area (Å²) in [4.78, 5) is 8.34. The Morgan fingerprint density at radius 3 is 2.82 bits per heavy atom. The zero-order valence-corrected chi connectivity index (χ0v) is 11.0. The largest absolute Gasteiger partial charge is 0.477 e. The van der Waals surface area contributed by atoms with Crippen molar-refractivity contribution < 1.29 is 4.74 Å². The molecule has 0 aliphatic heterocycles. The lowest BCUT2D eigenvalue weighted by Gasteiger charge is -2.06. The maximum absolute atomic E-state index is 5.61. The second kappa shape index (κ2) is 9.05. The van der Waals surface area contributed by atoms with E-state index in [1.165, 1.54) is 12.8 Å². The van der Waals surface area contributed by atoms with Crippen LogP contribution in [0.5, 0.6) is 5.88 Å². The van der Waals surface area contributed by atoms with Gasteiger partial charge in [0.25, 0.3) is 0 Å². The van der Waals surface area contributed by atoms with E-state index in [9.17, 15) is 0 Å². The third kappa shape index (κ3) is 6.31. The van der Waals surface area contributed by atoms with Crippen molar-refractivity contribution in [3.05, 3.63) is 12.4 Å². The van der Waals surface area contributed by atoms with Gasteiger partial charge in [0, 0.05) is 12.4 Å². The van der Waals surface area contributed by atoms with Crippen LogP contribution in [0.2, 0.25) is 0 Å². The molecule has 1 N–H and O–H groups in total. The van der Waals surface area contributed by atoms with Gasteiger partial charge in [-0.3, -0.25) is 4.98 Å². The van der Waals surface area contributed by atoms with Gasteiger partial charge in [0.15, 0.2) is 0 Å². The molecule has 0 aliphatic carbocycles. The Balaban J connectivity index is 2.19. The fourth-order valence-corrected chi connectivity index (χ4v) is 1.63. The Morgan fingerprint density at radius 1 is 1.24 bits per heavy atom. The van der Waals surface area contributed by atoms with Crippen LogP contribution in [0, 0.1) is 0 Å². The maximum atomic E-state index is 5.61. The van der Waals surface area contributed by atoms with Crippen LogP contribution in [0.15, 0.2) is 12.4 Å². The summed E-state index contributed by atoms with van der Waals surface area (Å²) in [6.07, 6.45) is 7.93. The summed E-state index contributed by atoms with van der Waals surface area (Å²) < 4.78 is 5.28. The van der Waals surface area contributed by atoms with Crippen molar-refractivity contribution in [2.24, 2.45) is 0 Å². The molecule has 1 rings (SSSR count). The number of nitrogens with zero attached hydrogens (tertiary/aromatic N) is 2. The third-order valence-electron chi connectivity index (χ3n) is 2.27. The van der Waals surface area contributed by atoms with E-state index < -0.39 is 0 Å². The SMILES string of the molecule is CCOc1cncc(NCCCCCCCl)n1. The Labute approximate surface area is 108 Å². The first-order valence-corrected chi connectivity index (χ1v) is 6.65. The smallest absolute Gasteiger partial charge is 0.234 e. The van der Waals surface area contributed by atoms with Gasteiger partial charge in [0.2, 0.25) is 5.88 Å². The molecule has 96 valence electrons. The van der Waals surface area contributed by atoms with Crippen molar-refractivity contribution in [1.82, 2.24) is 9.97 Å². The average molecular weight is 258 g/mol. The molecular weight excluding hydrogens is 238 g/mol. The molecular formula is C12H20ClN3O. The van der Waals surface area contributed by atoms with E-state index in [1.54, 1.807) is 12.4 Å². The Morgan fingerprint density at radius 2 is 2.06 bits per heavy atom. The van der Waals surface area contributed by atoms with Crippen molar-refractivity contribution in [3.8, 4) is 5.88 Å². The average Bonchev–Trinajstić information content (AvgIpc) is 2.35. The molecule has 1 aromatic heterocycles. The van der Waals surface area contributed by atoms with Crippen LogP contribution < -0.4 is 10.1 Å². The van der Waals surface area contributed by atoms with E-state index in [1.807, 2.05) is 6.92 Å². The lowest BCUT2D eigenvalue weighted by Crippen LogP contribution is -2.05. The Hall–Kier alpha value is -1.03. The number of unbranched alkanes of at least 4 members (excludes halogenated alkanes) is 3. The third-order valence-corrected chi connectivity index (χ3v) is 2.54. The number of ether oxygens (including phenoxy) is 1. The van der Waals surface area contributed by atoms with Gasteiger partial charge in [-0.1, -0.05) is 12.8 Å². The van der Waals surface area contributed by atoms with Crippen molar-refractivity contribution in [2.45, 2.75) is 32.6 Å². The summed E-state index contributed by atoms with van der Waals surface area (Å²) in [6, 6.07) is 0. The van der Waals surface area contributed by atoms with Crippen LogP contribution in [0.25, 0.3) is 0 Å². The number of aromatic nitrogens is 2. The van der Waals surface area contributed by atoms with E-state index in [2.05, 4.69) is 15.3 Å². The van der Waals surface area contributed by atoms with Crippen LogP contribution in [0.1, 0.15) is 32.6 Å². The molecule has 5 heteroatoms. The lowest BCUT2D eigenvalue weighted by atomic mass is 10.2. The van der Waals surface area contributed by atoms with Crippen molar-refractivity contribution >= 4 is 17.4 Å². The summed E-state index contributed by atoms with van der Waals surface area (Å²) in [6.45, 7) is 3.45. The van der Waals surface area contributed by atoms with E-state index in [-0.39, 0.29) is 0 Å². The number of nitrogens with one attached hydrogen (secondary N) is 1. The highest BCUT2D eigenvalue weighted by Gasteiger charge is 1.98. The lowest BCUT2D eigenvalue weighted by molar-refractivity contribution is 0.325. The van der Waals surface area contributed by atoms with Gasteiger partial charge in [-0.2, -0.15) is 4.98 Å². The molecule has 0 bridgehead atoms. The Bertz CT molecular complexity index is 310. The standard InChI is InChI=1S/C12H20ClN3O/c1-2-17-12-10-14-9-11(16-12)15-8-6-4-3-5-7-13/h9-10H,2-8H2,1H3,(H,15,16). The number of hydrogen-bond donors (Lipinski definition) is 1. The van der Waals surface area contributed by atoms with E-state index >= 15 is 0 Å². The highest BCUT2D eigenvalue weighted by Crippen LogP contribution is 2.09. The van der Waals surface area contributed by atoms with Gasteiger partial charge in [-0.25, -0.2) is 0 Å². The second-order valence-electron chi connectivity index (χ2n) is 3.71. The number of rotatable bonds is 9. The second-order valence-corrected chi connectivity index (χ2v) is 4.08. The Kier molecular flexibility index (Phi) is 7.47. The fourth-order valence-electron chi connectivity index (χ4n) is 1.44. The monoisotopic (exact) mass is 257 g/mol. The molecule has 0 spiro atoms. The predicted molar refractivity (Wildman–Crippen MR) is 70.9 cm³/mol. The first-order chi connectivity index (χ1) is 8.36. The topological polar surface area (TPSA) is 47.0 Å². The van der Waals surface area contributed by atoms with Gasteiger partial charge < -0.3 is 10.1 Å². The molecule has 0 fully saturated rings. The molecule has 4 nitrogen and oxygen atoms in total. The summed E-state index contributed by atoms with van der Waals surface area (Å²) in [5.74, 6) is 2.10. The van der Waals surface area contributed by atoms with Crippen LogP contribution in [0.3, 0.4) is 0 Å².